The van der Waals surface area contributed by atoms with Gasteiger partial charge in [-0.1, -0.05) is 13.3 Å². The van der Waals surface area contributed by atoms with E-state index < -0.39 is 0 Å². The normalized spacial score (nSPS) is 21.3. The number of carbonyl (C=O) groups is 1. The predicted molar refractivity (Wildman–Crippen MR) is 86.4 cm³/mol. The first kappa shape index (κ1) is 17.3. The molecule has 112 valence electrons. The highest BCUT2D eigenvalue weighted by Gasteiger charge is 2.28. The van der Waals surface area contributed by atoms with Crippen LogP contribution in [0.2, 0.25) is 0 Å². The van der Waals surface area contributed by atoms with Crippen LogP contribution >= 0.6 is 24.2 Å². The van der Waals surface area contributed by atoms with Gasteiger partial charge in [-0.25, -0.2) is 0 Å². The number of thioether (sulfide) groups is 1. The van der Waals surface area contributed by atoms with Crippen LogP contribution in [0.3, 0.4) is 0 Å². The molecule has 0 aromatic carbocycles. The number of hydrogen-bond acceptors (Lipinski definition) is 4. The number of hydrogen-bond donors (Lipinski definition) is 2. The number of aromatic nitrogens is 1. The van der Waals surface area contributed by atoms with Gasteiger partial charge in [0, 0.05) is 29.6 Å². The third-order valence-corrected chi connectivity index (χ3v) is 4.76. The molecule has 2 rings (SSSR count). The van der Waals surface area contributed by atoms with E-state index in [1.165, 1.54) is 12.8 Å². The zero-order valence-electron chi connectivity index (χ0n) is 11.7. The molecule has 1 aliphatic rings. The van der Waals surface area contributed by atoms with Crippen molar-refractivity contribution in [2.24, 2.45) is 5.73 Å². The molecule has 1 aromatic heterocycles. The highest BCUT2D eigenvalue weighted by Crippen LogP contribution is 2.30. The summed E-state index contributed by atoms with van der Waals surface area (Å²) in [5.41, 5.74) is 6.95. The lowest BCUT2D eigenvalue weighted by atomic mass is 10.2. The third kappa shape index (κ3) is 4.36. The van der Waals surface area contributed by atoms with E-state index in [4.69, 9.17) is 5.73 Å². The summed E-state index contributed by atoms with van der Waals surface area (Å²) in [4.78, 5) is 16.3. The molecule has 6 heteroatoms. The second kappa shape index (κ2) is 8.49. The van der Waals surface area contributed by atoms with Crippen molar-refractivity contribution in [2.45, 2.75) is 44.0 Å². The third-order valence-electron chi connectivity index (χ3n) is 3.44. The van der Waals surface area contributed by atoms with Crippen molar-refractivity contribution in [1.29, 1.82) is 0 Å². The number of pyridine rings is 1. The Labute approximate surface area is 130 Å². The Kier molecular flexibility index (Phi) is 7.34. The molecule has 1 aromatic rings. The molecule has 1 saturated carbocycles. The highest BCUT2D eigenvalue weighted by atomic mass is 35.5. The standard InChI is InChI=1S/C14H21N3OS.ClH/c1-2-19-13-5-3-4-12(13)17-14(18)10-6-7-16-11(8-10)9-15;/h6-8,12-13H,2-5,9,15H2,1H3,(H,17,18);1H. The molecular weight excluding hydrogens is 294 g/mol. The average molecular weight is 316 g/mol. The number of nitrogens with one attached hydrogen (secondary N) is 1. The van der Waals surface area contributed by atoms with Gasteiger partial charge in [0.1, 0.15) is 0 Å². The minimum atomic E-state index is -0.00861. The molecule has 4 nitrogen and oxygen atoms in total. The van der Waals surface area contributed by atoms with Crippen molar-refractivity contribution in [3.63, 3.8) is 0 Å². The van der Waals surface area contributed by atoms with Gasteiger partial charge in [-0.15, -0.1) is 12.4 Å². The largest absolute Gasteiger partial charge is 0.348 e. The average Bonchev–Trinajstić information content (AvgIpc) is 2.86. The van der Waals surface area contributed by atoms with Crippen molar-refractivity contribution in [3.8, 4) is 0 Å². The van der Waals surface area contributed by atoms with E-state index in [1.54, 1.807) is 18.3 Å². The van der Waals surface area contributed by atoms with Crippen molar-refractivity contribution in [2.75, 3.05) is 5.75 Å². The van der Waals surface area contributed by atoms with Crippen LogP contribution in [0.15, 0.2) is 18.3 Å². The van der Waals surface area contributed by atoms with Gasteiger partial charge in [-0.05, 0) is 30.7 Å². The Hall–Kier alpha value is -0.780. The van der Waals surface area contributed by atoms with Crippen LogP contribution in [-0.4, -0.2) is 27.9 Å². The monoisotopic (exact) mass is 315 g/mol. The minimum absolute atomic E-state index is 0. The van der Waals surface area contributed by atoms with Gasteiger partial charge in [0.2, 0.25) is 0 Å². The molecule has 0 aliphatic heterocycles. The number of carbonyl (C=O) groups excluding carboxylic acids is 1. The zero-order valence-corrected chi connectivity index (χ0v) is 13.3. The van der Waals surface area contributed by atoms with E-state index in [-0.39, 0.29) is 18.3 Å². The van der Waals surface area contributed by atoms with Gasteiger partial charge in [0.25, 0.3) is 5.91 Å². The topological polar surface area (TPSA) is 68.0 Å². The van der Waals surface area contributed by atoms with E-state index in [0.29, 0.717) is 23.4 Å². The maximum Gasteiger partial charge on any atom is 0.251 e. The fraction of sp³-hybridized carbons (Fsp3) is 0.571. The van der Waals surface area contributed by atoms with Gasteiger partial charge in [0.05, 0.1) is 5.69 Å². The van der Waals surface area contributed by atoms with E-state index in [0.717, 1.165) is 17.9 Å². The molecule has 20 heavy (non-hydrogen) atoms. The summed E-state index contributed by atoms with van der Waals surface area (Å²) in [5.74, 6) is 1.09. The van der Waals surface area contributed by atoms with Crippen molar-refractivity contribution in [1.82, 2.24) is 10.3 Å². The number of amides is 1. The van der Waals surface area contributed by atoms with Gasteiger partial charge in [-0.2, -0.15) is 11.8 Å². The summed E-state index contributed by atoms with van der Waals surface area (Å²) in [6.07, 6.45) is 5.13. The fourth-order valence-corrected chi connectivity index (χ4v) is 3.69. The van der Waals surface area contributed by atoms with Gasteiger partial charge in [-0.3, -0.25) is 9.78 Å². The number of halogens is 1. The Morgan fingerprint density at radius 2 is 2.35 bits per heavy atom. The molecule has 1 heterocycles. The van der Waals surface area contributed by atoms with Crippen LogP contribution < -0.4 is 11.1 Å². The van der Waals surface area contributed by atoms with Crippen LogP contribution in [0.1, 0.15) is 42.2 Å². The van der Waals surface area contributed by atoms with Crippen molar-refractivity contribution < 1.29 is 4.79 Å². The maximum atomic E-state index is 12.2. The molecule has 0 bridgehead atoms. The molecule has 0 spiro atoms. The molecule has 0 radical (unpaired) electrons. The van der Waals surface area contributed by atoms with Crippen LogP contribution in [0.25, 0.3) is 0 Å². The molecule has 1 amide bonds. The summed E-state index contributed by atoms with van der Waals surface area (Å²) in [5, 5.41) is 3.71. The molecule has 0 saturated heterocycles. The Bertz CT molecular complexity index is 444. The summed E-state index contributed by atoms with van der Waals surface area (Å²) in [6.45, 7) is 2.52. The van der Waals surface area contributed by atoms with E-state index in [9.17, 15) is 4.79 Å². The van der Waals surface area contributed by atoms with Crippen LogP contribution in [-0.2, 0) is 6.54 Å². The Balaban J connectivity index is 0.00000200. The Morgan fingerprint density at radius 1 is 1.55 bits per heavy atom. The predicted octanol–water partition coefficient (Wildman–Crippen LogP) is 2.37. The Morgan fingerprint density at radius 3 is 3.05 bits per heavy atom. The summed E-state index contributed by atoms with van der Waals surface area (Å²) in [7, 11) is 0. The smallest absolute Gasteiger partial charge is 0.251 e. The summed E-state index contributed by atoms with van der Waals surface area (Å²) < 4.78 is 0. The van der Waals surface area contributed by atoms with Crippen LogP contribution in [0.5, 0.6) is 0 Å². The quantitative estimate of drug-likeness (QED) is 0.875. The van der Waals surface area contributed by atoms with Gasteiger partial charge >= 0.3 is 0 Å². The molecule has 2 atom stereocenters. The minimum Gasteiger partial charge on any atom is -0.348 e. The first-order chi connectivity index (χ1) is 9.24. The summed E-state index contributed by atoms with van der Waals surface area (Å²) in [6, 6.07) is 3.81. The first-order valence-corrected chi connectivity index (χ1v) is 7.87. The maximum absolute atomic E-state index is 12.2. The van der Waals surface area contributed by atoms with E-state index >= 15 is 0 Å². The van der Waals surface area contributed by atoms with Crippen LogP contribution in [0, 0.1) is 0 Å². The number of nitrogens with zero attached hydrogens (tertiary/aromatic N) is 1. The summed E-state index contributed by atoms with van der Waals surface area (Å²) >= 11 is 1.94. The van der Waals surface area contributed by atoms with Crippen molar-refractivity contribution in [3.05, 3.63) is 29.6 Å². The highest BCUT2D eigenvalue weighted by molar-refractivity contribution is 7.99. The lowest BCUT2D eigenvalue weighted by Gasteiger charge is -2.20. The van der Waals surface area contributed by atoms with Crippen LogP contribution in [0.4, 0.5) is 0 Å². The lowest BCUT2D eigenvalue weighted by Crippen LogP contribution is -2.38. The van der Waals surface area contributed by atoms with Gasteiger partial charge in [0.15, 0.2) is 0 Å². The molecule has 3 N–H and O–H groups in total. The van der Waals surface area contributed by atoms with E-state index in [1.807, 2.05) is 11.8 Å². The fourth-order valence-electron chi connectivity index (χ4n) is 2.49. The first-order valence-electron chi connectivity index (χ1n) is 6.82. The van der Waals surface area contributed by atoms with Crippen molar-refractivity contribution >= 4 is 30.1 Å². The van der Waals surface area contributed by atoms with Gasteiger partial charge < -0.3 is 11.1 Å². The lowest BCUT2D eigenvalue weighted by molar-refractivity contribution is 0.0938. The second-order valence-corrected chi connectivity index (χ2v) is 6.26. The second-order valence-electron chi connectivity index (χ2n) is 4.74. The number of rotatable bonds is 5. The molecule has 1 fully saturated rings. The SMILES string of the molecule is CCSC1CCCC1NC(=O)c1ccnc(CN)c1.Cl. The number of nitrogens with two attached hydrogens (primary N) is 1. The molecule has 2 unspecified atom stereocenters. The van der Waals surface area contributed by atoms with E-state index in [2.05, 4.69) is 17.2 Å². The molecule has 1 aliphatic carbocycles. The zero-order chi connectivity index (χ0) is 13.7. The molecular formula is C14H22ClN3OS.